The fourth-order valence-corrected chi connectivity index (χ4v) is 6.71. The van der Waals surface area contributed by atoms with Gasteiger partial charge < -0.3 is 4.42 Å². The summed E-state index contributed by atoms with van der Waals surface area (Å²) in [6, 6.07) is 22.0. The summed E-state index contributed by atoms with van der Waals surface area (Å²) >= 11 is 0. The summed E-state index contributed by atoms with van der Waals surface area (Å²) in [7, 11) is 0. The smallest absolute Gasteiger partial charge is 0.248 e. The SMILES string of the molecule is C=CC1(CC)c2ccc(-c3nnc(-c4ccc(C(C)(C)CCCCCC)cc4)o3)cc2-c2cccc[n+]2C1CC. The van der Waals surface area contributed by atoms with Gasteiger partial charge in [-0.3, -0.25) is 0 Å². The Kier molecular flexibility index (Phi) is 8.07. The van der Waals surface area contributed by atoms with Gasteiger partial charge in [0.15, 0.2) is 12.2 Å². The number of allylic oxidation sites excluding steroid dienone is 1. The molecule has 0 aliphatic carbocycles. The van der Waals surface area contributed by atoms with Gasteiger partial charge in [0.25, 0.3) is 0 Å². The Bertz CT molecular complexity index is 1470. The number of nitrogens with zero attached hydrogens (tertiary/aromatic N) is 3. The summed E-state index contributed by atoms with van der Waals surface area (Å²) in [6.07, 6.45) is 12.7. The first-order chi connectivity index (χ1) is 19.4. The fraction of sp³-hybridized carbons (Fsp3) is 0.417. The lowest BCUT2D eigenvalue weighted by Gasteiger charge is -2.39. The second kappa shape index (κ2) is 11.5. The summed E-state index contributed by atoms with van der Waals surface area (Å²) < 4.78 is 8.67. The lowest BCUT2D eigenvalue weighted by molar-refractivity contribution is -0.723. The first-order valence-electron chi connectivity index (χ1n) is 15.1. The lowest BCUT2D eigenvalue weighted by Crippen LogP contribution is -2.54. The van der Waals surface area contributed by atoms with E-state index in [9.17, 15) is 0 Å². The van der Waals surface area contributed by atoms with E-state index in [1.54, 1.807) is 0 Å². The van der Waals surface area contributed by atoms with Gasteiger partial charge >= 0.3 is 0 Å². The lowest BCUT2D eigenvalue weighted by atomic mass is 9.66. The summed E-state index contributed by atoms with van der Waals surface area (Å²) in [6.45, 7) is 15.8. The first-order valence-corrected chi connectivity index (χ1v) is 15.1. The highest BCUT2D eigenvalue weighted by Crippen LogP contribution is 2.48. The van der Waals surface area contributed by atoms with Crippen LogP contribution in [0.3, 0.4) is 0 Å². The third-order valence-corrected chi connectivity index (χ3v) is 9.19. The van der Waals surface area contributed by atoms with Crippen LogP contribution in [0.1, 0.15) is 96.7 Å². The van der Waals surface area contributed by atoms with Gasteiger partial charge in [0.05, 0.1) is 11.0 Å². The number of hydrogen-bond acceptors (Lipinski definition) is 3. The van der Waals surface area contributed by atoms with Crippen LogP contribution in [0.5, 0.6) is 0 Å². The van der Waals surface area contributed by atoms with Crippen LogP contribution in [-0.4, -0.2) is 10.2 Å². The second-order valence-electron chi connectivity index (χ2n) is 12.0. The molecule has 0 spiro atoms. The first kappa shape index (κ1) is 28.0. The number of hydrogen-bond donors (Lipinski definition) is 0. The minimum Gasteiger partial charge on any atom is -0.416 e. The molecule has 40 heavy (non-hydrogen) atoms. The van der Waals surface area contributed by atoms with E-state index in [-0.39, 0.29) is 10.8 Å². The molecule has 2 aromatic heterocycles. The molecule has 4 nitrogen and oxygen atoms in total. The van der Waals surface area contributed by atoms with Gasteiger partial charge in [0, 0.05) is 29.7 Å². The summed E-state index contributed by atoms with van der Waals surface area (Å²) in [5.41, 5.74) is 6.99. The number of pyridine rings is 1. The standard InChI is InChI=1S/C36H44N3O/c1-7-11-12-14-23-35(5,6)28-20-17-26(18-21-28)33-37-38-34(40-33)27-19-22-30-29(25-27)31-16-13-15-24-39(31)32(8-2)36(30,9-3)10-4/h9,13,15-22,24-25,32H,3,7-8,10-12,14,23H2,1-2,4-6H3/q+1. The van der Waals surface area contributed by atoms with Gasteiger partial charge in [-0.05, 0) is 59.7 Å². The van der Waals surface area contributed by atoms with Crippen molar-refractivity contribution in [2.75, 3.05) is 0 Å². The summed E-state index contributed by atoms with van der Waals surface area (Å²) in [4.78, 5) is 0. The Labute approximate surface area is 240 Å². The van der Waals surface area contributed by atoms with E-state index in [2.05, 4.69) is 129 Å². The number of unbranched alkanes of at least 4 members (excludes halogenated alkanes) is 3. The highest BCUT2D eigenvalue weighted by molar-refractivity contribution is 5.72. The van der Waals surface area contributed by atoms with Crippen LogP contribution in [0.4, 0.5) is 0 Å². The molecule has 2 aromatic carbocycles. The molecule has 0 radical (unpaired) electrons. The maximum Gasteiger partial charge on any atom is 0.248 e. The molecule has 4 heteroatoms. The predicted molar refractivity (Wildman–Crippen MR) is 164 cm³/mol. The fourth-order valence-electron chi connectivity index (χ4n) is 6.71. The van der Waals surface area contributed by atoms with Crippen molar-refractivity contribution in [3.05, 3.63) is 90.6 Å². The van der Waals surface area contributed by atoms with Crippen LogP contribution < -0.4 is 4.57 Å². The minimum absolute atomic E-state index is 0.132. The molecule has 2 atom stereocenters. The molecule has 0 N–H and O–H groups in total. The van der Waals surface area contributed by atoms with Crippen LogP contribution in [-0.2, 0) is 10.8 Å². The van der Waals surface area contributed by atoms with E-state index in [1.807, 2.05) is 0 Å². The molecular formula is C36H44N3O+. The molecule has 1 aliphatic rings. The van der Waals surface area contributed by atoms with Gasteiger partial charge in [0.1, 0.15) is 0 Å². The third kappa shape index (κ3) is 4.93. The van der Waals surface area contributed by atoms with Gasteiger partial charge in [-0.2, -0.15) is 4.57 Å². The minimum atomic E-state index is -0.132. The van der Waals surface area contributed by atoms with Crippen molar-refractivity contribution in [2.45, 2.75) is 96.4 Å². The highest BCUT2D eigenvalue weighted by Gasteiger charge is 2.48. The van der Waals surface area contributed by atoms with E-state index < -0.39 is 0 Å². The molecule has 0 amide bonds. The Balaban J connectivity index is 1.44. The molecule has 4 aromatic rings. The molecular weight excluding hydrogens is 490 g/mol. The van der Waals surface area contributed by atoms with E-state index in [4.69, 9.17) is 4.42 Å². The van der Waals surface area contributed by atoms with Gasteiger partial charge in [0.2, 0.25) is 17.5 Å². The van der Waals surface area contributed by atoms with E-state index in [0.717, 1.165) is 24.0 Å². The van der Waals surface area contributed by atoms with E-state index in [1.165, 1.54) is 54.5 Å². The van der Waals surface area contributed by atoms with Crippen molar-refractivity contribution < 1.29 is 8.98 Å². The monoisotopic (exact) mass is 534 g/mol. The Morgan fingerprint density at radius 1 is 0.925 bits per heavy atom. The number of rotatable bonds is 11. The van der Waals surface area contributed by atoms with Crippen molar-refractivity contribution in [3.63, 3.8) is 0 Å². The van der Waals surface area contributed by atoms with Crippen molar-refractivity contribution in [1.82, 2.24) is 10.2 Å². The molecule has 1 aliphatic heterocycles. The maximum atomic E-state index is 6.25. The molecule has 0 saturated carbocycles. The van der Waals surface area contributed by atoms with Crippen LogP contribution in [0.2, 0.25) is 0 Å². The van der Waals surface area contributed by atoms with Crippen molar-refractivity contribution in [3.8, 4) is 34.2 Å². The average Bonchev–Trinajstić information content (AvgIpc) is 3.49. The molecule has 0 saturated heterocycles. The average molecular weight is 535 g/mol. The molecule has 0 bridgehead atoms. The van der Waals surface area contributed by atoms with E-state index in [0.29, 0.717) is 17.8 Å². The highest BCUT2D eigenvalue weighted by atomic mass is 16.4. The Hall–Kier alpha value is -3.53. The molecule has 0 fully saturated rings. The Morgan fingerprint density at radius 2 is 1.65 bits per heavy atom. The Morgan fingerprint density at radius 3 is 2.33 bits per heavy atom. The molecule has 2 unspecified atom stereocenters. The summed E-state index contributed by atoms with van der Waals surface area (Å²) in [5, 5.41) is 8.89. The zero-order valence-corrected chi connectivity index (χ0v) is 24.9. The van der Waals surface area contributed by atoms with Crippen molar-refractivity contribution in [1.29, 1.82) is 0 Å². The zero-order valence-electron chi connectivity index (χ0n) is 24.9. The topological polar surface area (TPSA) is 42.8 Å². The van der Waals surface area contributed by atoms with Crippen LogP contribution in [0, 0.1) is 0 Å². The number of aromatic nitrogens is 3. The van der Waals surface area contributed by atoms with Crippen molar-refractivity contribution in [2.24, 2.45) is 0 Å². The molecule has 5 rings (SSSR count). The molecule has 208 valence electrons. The quantitative estimate of drug-likeness (QED) is 0.109. The predicted octanol–water partition coefficient (Wildman–Crippen LogP) is 9.40. The van der Waals surface area contributed by atoms with Crippen molar-refractivity contribution >= 4 is 0 Å². The van der Waals surface area contributed by atoms with Gasteiger partial charge in [-0.15, -0.1) is 16.8 Å². The van der Waals surface area contributed by atoms with Gasteiger partial charge in [-0.1, -0.05) is 84.6 Å². The zero-order chi connectivity index (χ0) is 28.3. The number of benzene rings is 2. The van der Waals surface area contributed by atoms with Crippen LogP contribution >= 0.6 is 0 Å². The third-order valence-electron chi connectivity index (χ3n) is 9.19. The second-order valence-corrected chi connectivity index (χ2v) is 12.0. The van der Waals surface area contributed by atoms with Crippen LogP contribution in [0.25, 0.3) is 34.2 Å². The van der Waals surface area contributed by atoms with Gasteiger partial charge in [-0.25, -0.2) is 0 Å². The normalized spacial score (nSPS) is 18.3. The molecule has 3 heterocycles. The van der Waals surface area contributed by atoms with E-state index >= 15 is 0 Å². The largest absolute Gasteiger partial charge is 0.416 e. The maximum absolute atomic E-state index is 6.25. The summed E-state index contributed by atoms with van der Waals surface area (Å²) in [5.74, 6) is 1.09. The number of fused-ring (bicyclic) bond motifs is 3. The van der Waals surface area contributed by atoms with Crippen LogP contribution in [0.15, 0.2) is 83.9 Å².